The number of anilines is 1. The monoisotopic (exact) mass is 456 g/mol. The van der Waals surface area contributed by atoms with Crippen LogP contribution in [0.5, 0.6) is 11.6 Å². The van der Waals surface area contributed by atoms with Crippen molar-refractivity contribution in [2.75, 3.05) is 5.01 Å². The van der Waals surface area contributed by atoms with Crippen molar-refractivity contribution in [3.8, 4) is 22.8 Å². The molecule has 0 radical (unpaired) electrons. The van der Waals surface area contributed by atoms with Crippen LogP contribution in [0, 0.1) is 0 Å². The molecule has 9 nitrogen and oxygen atoms in total. The van der Waals surface area contributed by atoms with Gasteiger partial charge in [-0.2, -0.15) is 5.01 Å². The number of H-pyrrole nitrogens is 1. The highest BCUT2D eigenvalue weighted by Gasteiger charge is 2.25. The molecule has 0 saturated heterocycles. The van der Waals surface area contributed by atoms with E-state index in [-0.39, 0.29) is 38.9 Å². The number of hydrogen-bond acceptors (Lipinski definition) is 6. The first-order valence-corrected chi connectivity index (χ1v) is 9.55. The number of ether oxygens (including phenoxy) is 1. The van der Waals surface area contributed by atoms with Crippen LogP contribution in [0.3, 0.4) is 0 Å². The van der Waals surface area contributed by atoms with E-state index < -0.39 is 11.6 Å². The molecule has 0 atom stereocenters. The molecule has 1 aliphatic rings. The summed E-state index contributed by atoms with van der Waals surface area (Å²) in [5.41, 5.74) is 6.95. The minimum atomic E-state index is -0.575. The first kappa shape index (κ1) is 20.5. The van der Waals surface area contributed by atoms with E-state index in [0.29, 0.717) is 5.56 Å². The summed E-state index contributed by atoms with van der Waals surface area (Å²) in [6.07, 6.45) is 0. The molecule has 1 aliphatic heterocycles. The fourth-order valence-corrected chi connectivity index (χ4v) is 3.34. The van der Waals surface area contributed by atoms with Gasteiger partial charge in [0.15, 0.2) is 11.6 Å². The lowest BCUT2D eigenvalue weighted by atomic mass is 10.1. The Hall–Kier alpha value is -3.82. The van der Waals surface area contributed by atoms with Gasteiger partial charge in [-0.3, -0.25) is 4.79 Å². The lowest BCUT2D eigenvalue weighted by Crippen LogP contribution is -2.45. The van der Waals surface area contributed by atoms with E-state index in [2.05, 4.69) is 27.2 Å². The fourth-order valence-electron chi connectivity index (χ4n) is 2.79. The number of carbonyl (C=O) groups excluding carboxylic acids is 1. The maximum absolute atomic E-state index is 12.2. The Kier molecular flexibility index (Phi) is 5.37. The van der Waals surface area contributed by atoms with Gasteiger partial charge in [0.05, 0.1) is 27.0 Å². The van der Waals surface area contributed by atoms with Gasteiger partial charge in [0.2, 0.25) is 5.88 Å². The summed E-state index contributed by atoms with van der Waals surface area (Å²) in [5, 5.41) is 13.9. The minimum absolute atomic E-state index is 0.0390. The maximum Gasteiger partial charge on any atom is 0.347 e. The Balaban J connectivity index is 1.73. The van der Waals surface area contributed by atoms with Gasteiger partial charge in [-0.25, -0.2) is 9.89 Å². The first-order chi connectivity index (χ1) is 14.8. The average Bonchev–Trinajstić information content (AvgIpc) is 2.74. The van der Waals surface area contributed by atoms with Crippen molar-refractivity contribution < 1.29 is 9.53 Å². The number of nitrogens with zero attached hydrogens (tertiary/aromatic N) is 3. The fraction of sp³-hybridized carbons (Fsp3) is 0. The van der Waals surface area contributed by atoms with Crippen LogP contribution in [0.4, 0.5) is 10.5 Å². The van der Waals surface area contributed by atoms with E-state index in [1.54, 1.807) is 12.1 Å². The Bertz CT molecular complexity index is 1270. The number of benzene rings is 2. The quantitative estimate of drug-likeness (QED) is 0.549. The molecule has 11 heteroatoms. The van der Waals surface area contributed by atoms with Crippen molar-refractivity contribution in [3.63, 3.8) is 0 Å². The number of amides is 2. The molecule has 156 valence electrons. The lowest BCUT2D eigenvalue weighted by Gasteiger charge is -2.24. The van der Waals surface area contributed by atoms with Crippen LogP contribution in [0.1, 0.15) is 0 Å². The van der Waals surface area contributed by atoms with Gasteiger partial charge < -0.3 is 15.8 Å². The number of hydrazone groups is 1. The molecule has 2 heterocycles. The normalized spacial score (nSPS) is 13.6. The van der Waals surface area contributed by atoms with Crippen LogP contribution in [-0.2, 0) is 0 Å². The standard InChI is InChI=1S/C20H14Cl2N6O3/c1-10-18(23)27-28(20(30)24-10)12-7-14(21)17(15(22)8-12)31-19-13(9-16(29)25-26-19)11-5-3-2-4-6-11/h2-9H,1H2,(H2,23,27)(H,24,30)(H,25,29). The van der Waals surface area contributed by atoms with Crippen molar-refractivity contribution in [2.24, 2.45) is 10.8 Å². The average molecular weight is 457 g/mol. The van der Waals surface area contributed by atoms with E-state index >= 15 is 0 Å². The molecule has 3 aromatic rings. The number of nitrogens with one attached hydrogen (secondary N) is 2. The van der Waals surface area contributed by atoms with Crippen molar-refractivity contribution in [2.45, 2.75) is 0 Å². The minimum Gasteiger partial charge on any atom is -0.434 e. The molecule has 31 heavy (non-hydrogen) atoms. The predicted molar refractivity (Wildman–Crippen MR) is 119 cm³/mol. The maximum atomic E-state index is 12.2. The zero-order chi connectivity index (χ0) is 22.1. The van der Waals surface area contributed by atoms with Gasteiger partial charge in [0.25, 0.3) is 5.56 Å². The largest absolute Gasteiger partial charge is 0.434 e. The smallest absolute Gasteiger partial charge is 0.347 e. The number of carbonyl (C=O) groups is 1. The number of amidine groups is 1. The molecule has 1 aromatic heterocycles. The summed E-state index contributed by atoms with van der Waals surface area (Å²) in [6.45, 7) is 3.59. The number of aromatic nitrogens is 2. The summed E-state index contributed by atoms with van der Waals surface area (Å²) in [4.78, 5) is 24.0. The van der Waals surface area contributed by atoms with Crippen LogP contribution in [0.2, 0.25) is 10.0 Å². The molecule has 0 unspecified atom stereocenters. The van der Waals surface area contributed by atoms with E-state index in [1.807, 2.05) is 18.2 Å². The predicted octanol–water partition coefficient (Wildman–Crippen LogP) is 3.85. The van der Waals surface area contributed by atoms with Gasteiger partial charge in [-0.05, 0) is 17.7 Å². The molecular weight excluding hydrogens is 443 g/mol. The van der Waals surface area contributed by atoms with Gasteiger partial charge in [0.1, 0.15) is 0 Å². The third-order valence-electron chi connectivity index (χ3n) is 4.25. The number of aromatic amines is 1. The highest BCUT2D eigenvalue weighted by Crippen LogP contribution is 2.41. The summed E-state index contributed by atoms with van der Waals surface area (Å²) < 4.78 is 5.85. The van der Waals surface area contributed by atoms with Crippen molar-refractivity contribution >= 4 is 40.8 Å². The molecule has 2 amide bonds. The first-order valence-electron chi connectivity index (χ1n) is 8.80. The Morgan fingerprint density at radius 1 is 1.06 bits per heavy atom. The summed E-state index contributed by atoms with van der Waals surface area (Å²) >= 11 is 12.8. The number of hydrogen-bond donors (Lipinski definition) is 3. The SMILES string of the molecule is C=C1NC(=O)N(c2cc(Cl)c(Oc3n[nH]c(=O)cc3-c3ccccc3)c(Cl)c2)N=C1N. The van der Waals surface area contributed by atoms with Crippen molar-refractivity contribution in [1.29, 1.82) is 0 Å². The summed E-state index contributed by atoms with van der Waals surface area (Å²) in [6, 6.07) is 12.7. The van der Waals surface area contributed by atoms with Crippen molar-refractivity contribution in [3.05, 3.63) is 81.2 Å². The van der Waals surface area contributed by atoms with E-state index in [0.717, 1.165) is 10.6 Å². The highest BCUT2D eigenvalue weighted by molar-refractivity contribution is 6.37. The number of halogens is 2. The van der Waals surface area contributed by atoms with Crippen LogP contribution < -0.4 is 26.4 Å². The molecule has 2 aromatic carbocycles. The van der Waals surface area contributed by atoms with E-state index in [4.69, 9.17) is 33.7 Å². The number of nitrogens with two attached hydrogens (primary N) is 1. The zero-order valence-corrected chi connectivity index (χ0v) is 17.2. The molecule has 0 bridgehead atoms. The second-order valence-electron chi connectivity index (χ2n) is 6.36. The summed E-state index contributed by atoms with van der Waals surface area (Å²) in [7, 11) is 0. The van der Waals surface area contributed by atoms with Crippen molar-refractivity contribution in [1.82, 2.24) is 15.5 Å². The van der Waals surface area contributed by atoms with Crippen LogP contribution in [0.15, 0.2) is 70.7 Å². The second kappa shape index (κ2) is 8.13. The molecule has 0 fully saturated rings. The summed E-state index contributed by atoms with van der Waals surface area (Å²) in [5.74, 6) is 0.219. The third-order valence-corrected chi connectivity index (χ3v) is 4.81. The van der Waals surface area contributed by atoms with Gasteiger partial charge in [0, 0.05) is 6.07 Å². The van der Waals surface area contributed by atoms with Gasteiger partial charge in [-0.1, -0.05) is 60.1 Å². The number of urea groups is 1. The molecule has 0 spiro atoms. The lowest BCUT2D eigenvalue weighted by molar-refractivity contribution is 0.248. The zero-order valence-electron chi connectivity index (χ0n) is 15.7. The van der Waals surface area contributed by atoms with Crippen LogP contribution >= 0.6 is 23.2 Å². The molecule has 0 saturated carbocycles. The van der Waals surface area contributed by atoms with E-state index in [1.165, 1.54) is 18.2 Å². The van der Waals surface area contributed by atoms with E-state index in [9.17, 15) is 9.59 Å². The van der Waals surface area contributed by atoms with Crippen LogP contribution in [-0.4, -0.2) is 22.1 Å². The Labute approximate surface area is 185 Å². The molecule has 4 rings (SSSR count). The van der Waals surface area contributed by atoms with Gasteiger partial charge in [-0.15, -0.1) is 10.2 Å². The number of rotatable bonds is 4. The molecular formula is C20H14Cl2N6O3. The molecule has 4 N–H and O–H groups in total. The highest BCUT2D eigenvalue weighted by atomic mass is 35.5. The van der Waals surface area contributed by atoms with Gasteiger partial charge >= 0.3 is 6.03 Å². The molecule has 0 aliphatic carbocycles. The topological polar surface area (TPSA) is 126 Å². The Morgan fingerprint density at radius 3 is 2.42 bits per heavy atom. The third kappa shape index (κ3) is 4.09. The van der Waals surface area contributed by atoms with Crippen LogP contribution in [0.25, 0.3) is 11.1 Å². The second-order valence-corrected chi connectivity index (χ2v) is 7.18. The Morgan fingerprint density at radius 2 is 1.74 bits per heavy atom.